The lowest BCUT2D eigenvalue weighted by Crippen LogP contribution is -1.97. The zero-order valence-corrected chi connectivity index (χ0v) is 37.9. The Morgan fingerprint density at radius 1 is 0.466 bits per heavy atom. The zero-order chi connectivity index (χ0) is 43.6. The highest BCUT2D eigenvalue weighted by molar-refractivity contribution is 6.29. The largest absolute Gasteiger partial charge is 0.265 e. The van der Waals surface area contributed by atoms with Gasteiger partial charge in [-0.15, -0.1) is 0 Å². The number of pyridine rings is 4. The lowest BCUT2D eigenvalue weighted by atomic mass is 10.0. The molecule has 0 amide bonds. The SMILES string of the molecule is CC(C)c1cccc(F)n1.CC(C)c1cccnc1.CC(C)c1ccncc1.CC(C)c1cnc(Cl)cn1.Cc1ccnc(C(C)C)n1.Cc1ncccc1C(C)C. The van der Waals surface area contributed by atoms with E-state index >= 15 is 0 Å². The number of aromatic nitrogens is 8. The van der Waals surface area contributed by atoms with Crippen LogP contribution in [-0.2, 0) is 0 Å². The summed E-state index contributed by atoms with van der Waals surface area (Å²) in [5, 5.41) is 0.449. The summed E-state index contributed by atoms with van der Waals surface area (Å²) in [4.78, 5) is 32.2. The Labute approximate surface area is 353 Å². The number of rotatable bonds is 6. The first kappa shape index (κ1) is 51.0. The average Bonchev–Trinajstić information content (AvgIpc) is 3.20. The number of halogens is 2. The van der Waals surface area contributed by atoms with Crippen LogP contribution in [0.15, 0.2) is 110 Å². The molecule has 0 saturated carbocycles. The van der Waals surface area contributed by atoms with Crippen molar-refractivity contribution in [1.82, 2.24) is 39.9 Å². The zero-order valence-electron chi connectivity index (χ0n) is 37.2. The number of aryl methyl sites for hydroxylation is 2. The predicted octanol–water partition coefficient (Wildman–Crippen LogP) is 13.4. The van der Waals surface area contributed by atoms with Gasteiger partial charge in [-0.2, -0.15) is 4.39 Å². The third-order valence-electron chi connectivity index (χ3n) is 8.28. The third-order valence-corrected chi connectivity index (χ3v) is 8.48. The van der Waals surface area contributed by atoms with E-state index in [-0.39, 0.29) is 0 Å². The first-order chi connectivity index (χ1) is 27.4. The van der Waals surface area contributed by atoms with E-state index in [2.05, 4.69) is 128 Å². The second-order valence-corrected chi connectivity index (χ2v) is 15.8. The molecule has 6 aromatic rings. The lowest BCUT2D eigenvalue weighted by Gasteiger charge is -2.06. The van der Waals surface area contributed by atoms with Crippen molar-refractivity contribution < 1.29 is 4.39 Å². The van der Waals surface area contributed by atoms with Gasteiger partial charge in [0.2, 0.25) is 5.95 Å². The molecule has 0 aliphatic heterocycles. The van der Waals surface area contributed by atoms with Crippen LogP contribution in [-0.4, -0.2) is 39.9 Å². The average molecular weight is 810 g/mol. The predicted molar refractivity (Wildman–Crippen MR) is 240 cm³/mol. The molecule has 58 heavy (non-hydrogen) atoms. The van der Waals surface area contributed by atoms with Gasteiger partial charge < -0.3 is 0 Å². The van der Waals surface area contributed by atoms with E-state index in [9.17, 15) is 4.39 Å². The summed E-state index contributed by atoms with van der Waals surface area (Å²) < 4.78 is 12.4. The van der Waals surface area contributed by atoms with E-state index < -0.39 is 5.95 Å². The first-order valence-corrected chi connectivity index (χ1v) is 20.4. The van der Waals surface area contributed by atoms with Crippen molar-refractivity contribution in [3.8, 4) is 0 Å². The van der Waals surface area contributed by atoms with Crippen LogP contribution < -0.4 is 0 Å². The lowest BCUT2D eigenvalue weighted by molar-refractivity contribution is 0.571. The highest BCUT2D eigenvalue weighted by Gasteiger charge is 2.03. The highest BCUT2D eigenvalue weighted by Crippen LogP contribution is 2.16. The second kappa shape index (κ2) is 28.4. The van der Waals surface area contributed by atoms with Gasteiger partial charge in [0, 0.05) is 60.2 Å². The molecule has 0 N–H and O–H groups in total. The fourth-order valence-corrected chi connectivity index (χ4v) is 4.78. The van der Waals surface area contributed by atoms with Crippen molar-refractivity contribution in [3.05, 3.63) is 167 Å². The maximum Gasteiger partial charge on any atom is 0.213 e. The molecular weight excluding hydrogens is 743 g/mol. The molecular formula is C48H66ClFN8. The molecule has 0 bridgehead atoms. The van der Waals surface area contributed by atoms with Gasteiger partial charge in [0.15, 0.2) is 0 Å². The Balaban J connectivity index is 0.000000348. The van der Waals surface area contributed by atoms with Crippen LogP contribution in [0.3, 0.4) is 0 Å². The van der Waals surface area contributed by atoms with E-state index in [1.54, 1.807) is 30.9 Å². The summed E-state index contributed by atoms with van der Waals surface area (Å²) in [6.45, 7) is 29.4. The van der Waals surface area contributed by atoms with Crippen LogP contribution in [0.2, 0.25) is 5.15 Å². The molecule has 6 aromatic heterocycles. The van der Waals surface area contributed by atoms with E-state index in [0.717, 1.165) is 28.6 Å². The number of nitrogens with zero attached hydrogens (tertiary/aromatic N) is 8. The molecule has 10 heteroatoms. The third kappa shape index (κ3) is 22.1. The van der Waals surface area contributed by atoms with Crippen LogP contribution in [0.5, 0.6) is 0 Å². The van der Waals surface area contributed by atoms with Crippen LogP contribution in [0.4, 0.5) is 4.39 Å². The Bertz CT molecular complexity index is 1840. The minimum atomic E-state index is -0.397. The Hall–Kier alpha value is -5.02. The molecule has 312 valence electrons. The van der Waals surface area contributed by atoms with Gasteiger partial charge in [0.1, 0.15) is 11.0 Å². The molecule has 0 spiro atoms. The number of hydrogen-bond donors (Lipinski definition) is 0. The maximum absolute atomic E-state index is 12.4. The Morgan fingerprint density at radius 2 is 1.10 bits per heavy atom. The fraction of sp³-hybridized carbons (Fsp3) is 0.417. The first-order valence-electron chi connectivity index (χ1n) is 20.0. The van der Waals surface area contributed by atoms with Gasteiger partial charge in [-0.05, 0) is 103 Å². The van der Waals surface area contributed by atoms with E-state index in [1.165, 1.54) is 22.8 Å². The minimum Gasteiger partial charge on any atom is -0.265 e. The summed E-state index contributed by atoms with van der Waals surface area (Å²) in [5.74, 6) is 3.49. The van der Waals surface area contributed by atoms with Gasteiger partial charge in [-0.3, -0.25) is 19.9 Å². The smallest absolute Gasteiger partial charge is 0.213 e. The van der Waals surface area contributed by atoms with Crippen molar-refractivity contribution in [2.45, 2.75) is 132 Å². The fourth-order valence-electron chi connectivity index (χ4n) is 4.69. The normalized spacial score (nSPS) is 10.3. The van der Waals surface area contributed by atoms with E-state index in [4.69, 9.17) is 11.6 Å². The topological polar surface area (TPSA) is 103 Å². The summed E-state index contributed by atoms with van der Waals surface area (Å²) in [5.41, 5.74) is 7.98. The van der Waals surface area contributed by atoms with Gasteiger partial charge in [-0.25, -0.2) is 19.9 Å². The monoisotopic (exact) mass is 809 g/mol. The molecule has 6 rings (SSSR count). The molecule has 0 saturated heterocycles. The minimum absolute atomic E-state index is 0.302. The molecule has 0 unspecified atom stereocenters. The molecule has 8 nitrogen and oxygen atoms in total. The van der Waals surface area contributed by atoms with Gasteiger partial charge in [0.25, 0.3) is 0 Å². The Kier molecular flexibility index (Phi) is 25.0. The van der Waals surface area contributed by atoms with Gasteiger partial charge >= 0.3 is 0 Å². The molecule has 0 aromatic carbocycles. The molecule has 0 radical (unpaired) electrons. The quantitative estimate of drug-likeness (QED) is 0.153. The molecule has 0 aliphatic rings. The molecule has 0 fully saturated rings. The summed E-state index contributed by atoms with van der Waals surface area (Å²) >= 11 is 5.54. The summed E-state index contributed by atoms with van der Waals surface area (Å²) in [6.07, 6.45) is 14.3. The van der Waals surface area contributed by atoms with Crippen molar-refractivity contribution in [3.63, 3.8) is 0 Å². The standard InChI is InChI=1S/C9H13N.C8H10FN.C8H12N2.2C8H11N.C7H9ClN2/c1-7(2)9-5-4-6-10-8(9)3;1-6(2)7-4-3-5-8(9)10-7;1-6(2)8-9-5-4-7(3)10-8;1-7(2)8-3-5-9-6-4-8;1-7(2)8-4-3-5-9-6-8;1-5(2)6-3-10-7(8)4-9-6/h4-7H,1-3H3;3-6H,1-2H3;4-6H,1-3H3;2*3-7H,1-2H3;3-5H,1-2H3. The molecule has 0 aliphatic carbocycles. The van der Waals surface area contributed by atoms with Crippen LogP contribution in [0.25, 0.3) is 0 Å². The summed E-state index contributed by atoms with van der Waals surface area (Å²) in [6, 6.07) is 19.0. The van der Waals surface area contributed by atoms with Crippen molar-refractivity contribution in [2.24, 2.45) is 0 Å². The number of hydrogen-bond acceptors (Lipinski definition) is 8. The van der Waals surface area contributed by atoms with Crippen LogP contribution in [0, 0.1) is 19.8 Å². The van der Waals surface area contributed by atoms with Gasteiger partial charge in [0.05, 0.1) is 18.1 Å². The van der Waals surface area contributed by atoms with E-state index in [0.29, 0.717) is 40.7 Å². The van der Waals surface area contributed by atoms with Crippen LogP contribution in [0.1, 0.15) is 164 Å². The molecule has 6 heterocycles. The maximum atomic E-state index is 12.4. The van der Waals surface area contributed by atoms with Crippen LogP contribution >= 0.6 is 11.6 Å². The molecule has 0 atom stereocenters. The Morgan fingerprint density at radius 3 is 1.48 bits per heavy atom. The van der Waals surface area contributed by atoms with Crippen molar-refractivity contribution in [2.75, 3.05) is 0 Å². The summed E-state index contributed by atoms with van der Waals surface area (Å²) in [7, 11) is 0. The van der Waals surface area contributed by atoms with E-state index in [1.807, 2.05) is 82.0 Å². The van der Waals surface area contributed by atoms with Crippen molar-refractivity contribution in [1.29, 1.82) is 0 Å². The highest BCUT2D eigenvalue weighted by atomic mass is 35.5. The van der Waals surface area contributed by atoms with Gasteiger partial charge in [-0.1, -0.05) is 113 Å². The van der Waals surface area contributed by atoms with Crippen molar-refractivity contribution >= 4 is 11.6 Å². The second-order valence-electron chi connectivity index (χ2n) is 15.4.